The summed E-state index contributed by atoms with van der Waals surface area (Å²) in [5, 5.41) is 0. The second-order valence-corrected chi connectivity index (χ2v) is 4.79. The van der Waals surface area contributed by atoms with Crippen LogP contribution in [0.3, 0.4) is 0 Å². The summed E-state index contributed by atoms with van der Waals surface area (Å²) in [6, 6.07) is 0.843. The Kier molecular flexibility index (Phi) is 5.34. The number of terminal acetylenes is 1. The molecular weight excluding hydrogens is 194 g/mol. The largest absolute Gasteiger partial charge is 0.300 e. The van der Waals surface area contributed by atoms with E-state index in [1.54, 1.807) is 0 Å². The molecule has 1 aliphatic heterocycles. The van der Waals surface area contributed by atoms with Crippen molar-refractivity contribution >= 4 is 11.8 Å². The van der Waals surface area contributed by atoms with Crippen LogP contribution < -0.4 is 11.3 Å². The van der Waals surface area contributed by atoms with Crippen molar-refractivity contribution in [3.05, 3.63) is 0 Å². The van der Waals surface area contributed by atoms with E-state index in [2.05, 4.69) is 23.3 Å². The second kappa shape index (κ2) is 6.31. The van der Waals surface area contributed by atoms with Crippen molar-refractivity contribution in [1.82, 2.24) is 10.3 Å². The van der Waals surface area contributed by atoms with E-state index in [0.717, 1.165) is 25.1 Å². The van der Waals surface area contributed by atoms with E-state index >= 15 is 0 Å². The van der Waals surface area contributed by atoms with Crippen LogP contribution in [0.25, 0.3) is 0 Å². The minimum absolute atomic E-state index is 0.323. The van der Waals surface area contributed by atoms with E-state index in [1.165, 1.54) is 5.75 Å². The molecule has 1 heterocycles. The quantitative estimate of drug-likeness (QED) is 0.400. The Hall–Kier alpha value is -0.210. The lowest BCUT2D eigenvalue weighted by Gasteiger charge is -2.37. The molecule has 0 aromatic carbocycles. The molecule has 3 nitrogen and oxygen atoms in total. The van der Waals surface area contributed by atoms with Crippen molar-refractivity contribution in [1.29, 1.82) is 0 Å². The second-order valence-electron chi connectivity index (χ2n) is 3.64. The van der Waals surface area contributed by atoms with Gasteiger partial charge in [0, 0.05) is 36.6 Å². The van der Waals surface area contributed by atoms with Gasteiger partial charge < -0.3 is 4.90 Å². The molecule has 0 amide bonds. The van der Waals surface area contributed by atoms with Crippen LogP contribution >= 0.6 is 11.8 Å². The molecule has 0 aliphatic carbocycles. The molecule has 0 spiro atoms. The average molecular weight is 213 g/mol. The van der Waals surface area contributed by atoms with Crippen molar-refractivity contribution in [3.8, 4) is 12.3 Å². The van der Waals surface area contributed by atoms with Crippen molar-refractivity contribution in [2.75, 3.05) is 25.1 Å². The molecule has 80 valence electrons. The Morgan fingerprint density at radius 3 is 3.14 bits per heavy atom. The van der Waals surface area contributed by atoms with Gasteiger partial charge in [0.1, 0.15) is 0 Å². The zero-order valence-corrected chi connectivity index (χ0v) is 9.52. The maximum Gasteiger partial charge on any atom is 0.0383 e. The molecule has 1 fully saturated rings. The minimum Gasteiger partial charge on any atom is -0.300 e. The highest BCUT2D eigenvalue weighted by molar-refractivity contribution is 7.99. The topological polar surface area (TPSA) is 41.3 Å². The Labute approximate surface area is 90.8 Å². The van der Waals surface area contributed by atoms with Gasteiger partial charge in [0.2, 0.25) is 0 Å². The number of hydrazine groups is 1. The zero-order chi connectivity index (χ0) is 10.4. The van der Waals surface area contributed by atoms with E-state index in [0.29, 0.717) is 12.1 Å². The van der Waals surface area contributed by atoms with Gasteiger partial charge in [-0.3, -0.25) is 11.3 Å². The number of nitrogens with one attached hydrogen (secondary N) is 1. The molecular formula is C10H19N3S. The summed E-state index contributed by atoms with van der Waals surface area (Å²) in [4.78, 5) is 2.37. The number of nitrogens with two attached hydrogens (primary N) is 1. The molecule has 2 unspecified atom stereocenters. The molecule has 2 atom stereocenters. The van der Waals surface area contributed by atoms with Gasteiger partial charge in [-0.05, 0) is 13.5 Å². The lowest BCUT2D eigenvalue weighted by Crippen LogP contribution is -2.54. The van der Waals surface area contributed by atoms with Crippen LogP contribution in [0.1, 0.15) is 12.8 Å². The van der Waals surface area contributed by atoms with E-state index in [9.17, 15) is 0 Å². The van der Waals surface area contributed by atoms with Crippen LogP contribution in [0, 0.1) is 12.3 Å². The van der Waals surface area contributed by atoms with Crippen molar-refractivity contribution in [2.24, 2.45) is 5.84 Å². The van der Waals surface area contributed by atoms with Gasteiger partial charge in [-0.15, -0.1) is 12.3 Å². The molecule has 0 aromatic rings. The summed E-state index contributed by atoms with van der Waals surface area (Å²) in [6.07, 6.45) is 7.01. The first kappa shape index (κ1) is 11.9. The van der Waals surface area contributed by atoms with Crippen LogP contribution in [0.4, 0.5) is 0 Å². The number of thioether (sulfide) groups is 1. The number of rotatable bonds is 4. The van der Waals surface area contributed by atoms with Crippen LogP contribution in [-0.4, -0.2) is 42.1 Å². The average Bonchev–Trinajstić information content (AvgIpc) is 2.21. The predicted molar refractivity (Wildman–Crippen MR) is 62.9 cm³/mol. The molecule has 0 bridgehead atoms. The summed E-state index contributed by atoms with van der Waals surface area (Å²) < 4.78 is 0. The zero-order valence-electron chi connectivity index (χ0n) is 8.70. The van der Waals surface area contributed by atoms with Gasteiger partial charge in [0.15, 0.2) is 0 Å². The van der Waals surface area contributed by atoms with Gasteiger partial charge >= 0.3 is 0 Å². The lowest BCUT2D eigenvalue weighted by atomic mass is 10.0. The van der Waals surface area contributed by atoms with E-state index in [1.807, 2.05) is 11.8 Å². The third kappa shape index (κ3) is 3.18. The fraction of sp³-hybridized carbons (Fsp3) is 0.800. The standard InChI is InChI=1S/C10H19N3S/c1-3-4-5-9(12-11)10-8-14-7-6-13(10)2/h1,9-10,12H,4-8,11H2,2H3. The number of likely N-dealkylation sites (N-methyl/N-ethyl adjacent to an activating group) is 1. The highest BCUT2D eigenvalue weighted by atomic mass is 32.2. The fourth-order valence-electron chi connectivity index (χ4n) is 1.75. The molecule has 1 rings (SSSR count). The van der Waals surface area contributed by atoms with Gasteiger partial charge in [-0.25, -0.2) is 0 Å². The van der Waals surface area contributed by atoms with Gasteiger partial charge in [-0.2, -0.15) is 11.8 Å². The maximum atomic E-state index is 5.55. The van der Waals surface area contributed by atoms with Crippen LogP contribution in [0.2, 0.25) is 0 Å². The number of hydrogen-bond donors (Lipinski definition) is 2. The third-order valence-electron chi connectivity index (χ3n) is 2.72. The van der Waals surface area contributed by atoms with Crippen LogP contribution in [-0.2, 0) is 0 Å². The summed E-state index contributed by atoms with van der Waals surface area (Å²) in [5.74, 6) is 10.6. The van der Waals surface area contributed by atoms with Crippen molar-refractivity contribution in [2.45, 2.75) is 24.9 Å². The monoisotopic (exact) mass is 213 g/mol. The first-order valence-electron chi connectivity index (χ1n) is 4.97. The number of hydrogen-bond acceptors (Lipinski definition) is 4. The summed E-state index contributed by atoms with van der Waals surface area (Å²) in [6.45, 7) is 1.14. The summed E-state index contributed by atoms with van der Waals surface area (Å²) >= 11 is 2.00. The van der Waals surface area contributed by atoms with Crippen LogP contribution in [0.5, 0.6) is 0 Å². The number of nitrogens with zero attached hydrogens (tertiary/aromatic N) is 1. The van der Waals surface area contributed by atoms with E-state index in [4.69, 9.17) is 12.3 Å². The first-order chi connectivity index (χ1) is 6.79. The van der Waals surface area contributed by atoms with Gasteiger partial charge in [0.05, 0.1) is 0 Å². The SMILES string of the molecule is C#CCCC(NN)C1CSCCN1C. The van der Waals surface area contributed by atoms with E-state index in [-0.39, 0.29) is 0 Å². The normalized spacial score (nSPS) is 25.6. The highest BCUT2D eigenvalue weighted by Gasteiger charge is 2.26. The van der Waals surface area contributed by atoms with Gasteiger partial charge in [0.25, 0.3) is 0 Å². The summed E-state index contributed by atoms with van der Waals surface area (Å²) in [5.41, 5.74) is 2.89. The Balaban J connectivity index is 2.45. The Bertz CT molecular complexity index is 202. The molecule has 0 saturated carbocycles. The molecule has 3 N–H and O–H groups in total. The van der Waals surface area contributed by atoms with Crippen LogP contribution in [0.15, 0.2) is 0 Å². The minimum atomic E-state index is 0.323. The fourth-order valence-corrected chi connectivity index (χ4v) is 3.07. The Morgan fingerprint density at radius 2 is 2.57 bits per heavy atom. The lowest BCUT2D eigenvalue weighted by molar-refractivity contribution is 0.209. The Morgan fingerprint density at radius 1 is 1.79 bits per heavy atom. The molecule has 14 heavy (non-hydrogen) atoms. The molecule has 1 saturated heterocycles. The van der Waals surface area contributed by atoms with Gasteiger partial charge in [-0.1, -0.05) is 0 Å². The molecule has 1 aliphatic rings. The van der Waals surface area contributed by atoms with Crippen molar-refractivity contribution in [3.63, 3.8) is 0 Å². The predicted octanol–water partition coefficient (Wildman–Crippen LogP) is 0.279. The van der Waals surface area contributed by atoms with Crippen molar-refractivity contribution < 1.29 is 0 Å². The highest BCUT2D eigenvalue weighted by Crippen LogP contribution is 2.19. The first-order valence-corrected chi connectivity index (χ1v) is 6.12. The smallest absolute Gasteiger partial charge is 0.0383 e. The summed E-state index contributed by atoms with van der Waals surface area (Å²) in [7, 11) is 2.16. The molecule has 0 radical (unpaired) electrons. The third-order valence-corrected chi connectivity index (χ3v) is 3.77. The van der Waals surface area contributed by atoms with E-state index < -0.39 is 0 Å². The molecule has 4 heteroatoms. The molecule has 0 aromatic heterocycles. The maximum absolute atomic E-state index is 5.55.